The SMILES string of the molecule is CNCCNc1ncnc2nc[nH]c12. The Morgan fingerprint density at radius 3 is 3.07 bits per heavy atom. The normalized spacial score (nSPS) is 10.6. The predicted octanol–water partition coefficient (Wildman–Crippen LogP) is -0.0158. The van der Waals surface area contributed by atoms with Crippen molar-refractivity contribution in [1.82, 2.24) is 25.3 Å². The van der Waals surface area contributed by atoms with Crippen molar-refractivity contribution >= 4 is 17.0 Å². The summed E-state index contributed by atoms with van der Waals surface area (Å²) < 4.78 is 0. The smallest absolute Gasteiger partial charge is 0.182 e. The number of hydrogen-bond acceptors (Lipinski definition) is 5. The summed E-state index contributed by atoms with van der Waals surface area (Å²) in [5, 5.41) is 6.24. The molecule has 2 aromatic heterocycles. The minimum atomic E-state index is 0.687. The molecule has 2 heterocycles. The summed E-state index contributed by atoms with van der Waals surface area (Å²) >= 11 is 0. The van der Waals surface area contributed by atoms with Crippen molar-refractivity contribution in [2.75, 3.05) is 25.5 Å². The zero-order chi connectivity index (χ0) is 9.80. The Bertz CT molecular complexity index is 409. The fourth-order valence-corrected chi connectivity index (χ4v) is 1.20. The Morgan fingerprint density at radius 1 is 1.29 bits per heavy atom. The number of likely N-dealkylation sites (N-methyl/N-ethyl adjacent to an activating group) is 1. The number of fused-ring (bicyclic) bond motifs is 1. The first kappa shape index (κ1) is 8.89. The maximum Gasteiger partial charge on any atom is 0.182 e. The highest BCUT2D eigenvalue weighted by Gasteiger charge is 2.03. The molecule has 0 aromatic carbocycles. The van der Waals surface area contributed by atoms with Gasteiger partial charge in [-0.3, -0.25) is 0 Å². The van der Waals surface area contributed by atoms with Crippen LogP contribution in [0.1, 0.15) is 0 Å². The molecule has 0 aliphatic rings. The van der Waals surface area contributed by atoms with Gasteiger partial charge in [-0.15, -0.1) is 0 Å². The molecular weight excluding hydrogens is 180 g/mol. The Morgan fingerprint density at radius 2 is 2.21 bits per heavy atom. The number of nitrogens with zero attached hydrogens (tertiary/aromatic N) is 3. The van der Waals surface area contributed by atoms with Crippen LogP contribution in [0.15, 0.2) is 12.7 Å². The first-order valence-electron chi connectivity index (χ1n) is 4.44. The fourth-order valence-electron chi connectivity index (χ4n) is 1.20. The van der Waals surface area contributed by atoms with Gasteiger partial charge in [0, 0.05) is 13.1 Å². The maximum absolute atomic E-state index is 4.13. The number of hydrogen-bond donors (Lipinski definition) is 3. The summed E-state index contributed by atoms with van der Waals surface area (Å²) in [7, 11) is 1.91. The lowest BCUT2D eigenvalue weighted by Gasteiger charge is -2.04. The van der Waals surface area contributed by atoms with Crippen LogP contribution in [0, 0.1) is 0 Å². The van der Waals surface area contributed by atoms with Crippen LogP contribution in [0.3, 0.4) is 0 Å². The van der Waals surface area contributed by atoms with Crippen molar-refractivity contribution in [3.05, 3.63) is 12.7 Å². The van der Waals surface area contributed by atoms with Gasteiger partial charge in [-0.05, 0) is 7.05 Å². The van der Waals surface area contributed by atoms with Crippen molar-refractivity contribution in [1.29, 1.82) is 0 Å². The van der Waals surface area contributed by atoms with Gasteiger partial charge in [0.25, 0.3) is 0 Å². The summed E-state index contributed by atoms with van der Waals surface area (Å²) in [4.78, 5) is 15.2. The van der Waals surface area contributed by atoms with Crippen LogP contribution in [0.25, 0.3) is 11.2 Å². The van der Waals surface area contributed by atoms with E-state index in [0.717, 1.165) is 24.4 Å². The number of rotatable bonds is 4. The molecule has 0 unspecified atom stereocenters. The number of H-pyrrole nitrogens is 1. The summed E-state index contributed by atoms with van der Waals surface area (Å²) in [5.41, 5.74) is 1.54. The predicted molar refractivity (Wildman–Crippen MR) is 54.1 cm³/mol. The summed E-state index contributed by atoms with van der Waals surface area (Å²) in [6.45, 7) is 1.71. The molecular formula is C8H12N6. The Hall–Kier alpha value is -1.69. The highest BCUT2D eigenvalue weighted by molar-refractivity contribution is 5.81. The van der Waals surface area contributed by atoms with E-state index in [1.807, 2.05) is 7.05 Å². The van der Waals surface area contributed by atoms with E-state index in [2.05, 4.69) is 30.6 Å². The largest absolute Gasteiger partial charge is 0.367 e. The van der Waals surface area contributed by atoms with Gasteiger partial charge in [0.15, 0.2) is 11.5 Å². The highest BCUT2D eigenvalue weighted by atomic mass is 15.1. The molecule has 0 spiro atoms. The molecule has 0 saturated carbocycles. The standard InChI is InChI=1S/C8H12N6/c1-9-2-3-10-7-6-8(12-4-11-6)14-5-13-7/h4-5,9H,2-3H2,1H3,(H2,10,11,12,13,14). The van der Waals surface area contributed by atoms with E-state index in [4.69, 9.17) is 0 Å². The molecule has 0 saturated heterocycles. The van der Waals surface area contributed by atoms with E-state index in [-0.39, 0.29) is 0 Å². The molecule has 0 amide bonds. The lowest BCUT2D eigenvalue weighted by Crippen LogP contribution is -2.18. The number of aromatic nitrogens is 4. The second-order valence-corrected chi connectivity index (χ2v) is 2.85. The Balaban J connectivity index is 2.19. The third kappa shape index (κ3) is 1.64. The third-order valence-corrected chi connectivity index (χ3v) is 1.89. The molecule has 0 atom stereocenters. The van der Waals surface area contributed by atoms with Crippen molar-refractivity contribution in [2.45, 2.75) is 0 Å². The summed E-state index contributed by atoms with van der Waals surface area (Å²) in [6.07, 6.45) is 3.12. The minimum absolute atomic E-state index is 0.687. The Labute approximate surface area is 81.2 Å². The van der Waals surface area contributed by atoms with Gasteiger partial charge >= 0.3 is 0 Å². The third-order valence-electron chi connectivity index (χ3n) is 1.89. The van der Waals surface area contributed by atoms with Gasteiger partial charge in [0.1, 0.15) is 11.8 Å². The van der Waals surface area contributed by atoms with Gasteiger partial charge in [-0.1, -0.05) is 0 Å². The molecule has 0 radical (unpaired) electrons. The Kier molecular flexibility index (Phi) is 2.55. The van der Waals surface area contributed by atoms with Crippen molar-refractivity contribution in [2.24, 2.45) is 0 Å². The molecule has 14 heavy (non-hydrogen) atoms. The number of imidazole rings is 1. The first-order chi connectivity index (χ1) is 6.92. The quantitative estimate of drug-likeness (QED) is 0.593. The van der Waals surface area contributed by atoms with Crippen LogP contribution >= 0.6 is 0 Å². The topological polar surface area (TPSA) is 78.5 Å². The first-order valence-corrected chi connectivity index (χ1v) is 4.44. The van der Waals surface area contributed by atoms with Gasteiger partial charge in [-0.25, -0.2) is 15.0 Å². The number of anilines is 1. The van der Waals surface area contributed by atoms with Crippen molar-refractivity contribution in [3.8, 4) is 0 Å². The second-order valence-electron chi connectivity index (χ2n) is 2.85. The maximum atomic E-state index is 4.13. The summed E-state index contributed by atoms with van der Waals surface area (Å²) in [6, 6.07) is 0. The lowest BCUT2D eigenvalue weighted by atomic mass is 10.5. The van der Waals surface area contributed by atoms with E-state index < -0.39 is 0 Å². The van der Waals surface area contributed by atoms with E-state index in [1.54, 1.807) is 6.33 Å². The van der Waals surface area contributed by atoms with Gasteiger partial charge in [0.05, 0.1) is 6.33 Å². The van der Waals surface area contributed by atoms with Crippen LogP contribution < -0.4 is 10.6 Å². The van der Waals surface area contributed by atoms with E-state index >= 15 is 0 Å². The van der Waals surface area contributed by atoms with E-state index in [1.165, 1.54) is 6.33 Å². The van der Waals surface area contributed by atoms with Crippen molar-refractivity contribution < 1.29 is 0 Å². The van der Waals surface area contributed by atoms with Crippen LogP contribution in [0.5, 0.6) is 0 Å². The van der Waals surface area contributed by atoms with Gasteiger partial charge in [0.2, 0.25) is 0 Å². The molecule has 0 aliphatic carbocycles. The number of nitrogens with one attached hydrogen (secondary N) is 3. The van der Waals surface area contributed by atoms with E-state index in [9.17, 15) is 0 Å². The zero-order valence-corrected chi connectivity index (χ0v) is 7.91. The van der Waals surface area contributed by atoms with Crippen LogP contribution in [-0.4, -0.2) is 40.1 Å². The molecule has 2 aromatic rings. The molecule has 6 heteroatoms. The highest BCUT2D eigenvalue weighted by Crippen LogP contribution is 2.13. The second kappa shape index (κ2) is 4.01. The monoisotopic (exact) mass is 192 g/mol. The lowest BCUT2D eigenvalue weighted by molar-refractivity contribution is 0.821. The fraction of sp³-hybridized carbons (Fsp3) is 0.375. The van der Waals surface area contributed by atoms with Crippen LogP contribution in [0.4, 0.5) is 5.82 Å². The number of aromatic amines is 1. The average Bonchev–Trinajstić information content (AvgIpc) is 2.67. The van der Waals surface area contributed by atoms with Gasteiger partial charge in [-0.2, -0.15) is 0 Å². The zero-order valence-electron chi connectivity index (χ0n) is 7.91. The molecule has 0 fully saturated rings. The molecule has 3 N–H and O–H groups in total. The van der Waals surface area contributed by atoms with Crippen molar-refractivity contribution in [3.63, 3.8) is 0 Å². The van der Waals surface area contributed by atoms with Gasteiger partial charge < -0.3 is 15.6 Å². The molecule has 6 nitrogen and oxygen atoms in total. The van der Waals surface area contributed by atoms with E-state index in [0.29, 0.717) is 5.65 Å². The van der Waals surface area contributed by atoms with Crippen LogP contribution in [-0.2, 0) is 0 Å². The molecule has 74 valence electrons. The minimum Gasteiger partial charge on any atom is -0.367 e. The molecule has 0 aliphatic heterocycles. The molecule has 2 rings (SSSR count). The molecule has 0 bridgehead atoms. The average molecular weight is 192 g/mol. The van der Waals surface area contributed by atoms with Crippen LogP contribution in [0.2, 0.25) is 0 Å². The summed E-state index contributed by atoms with van der Waals surface area (Å²) in [5.74, 6) is 0.794.